The molecule has 0 spiro atoms. The van der Waals surface area contributed by atoms with E-state index in [1.165, 1.54) is 12.1 Å². The summed E-state index contributed by atoms with van der Waals surface area (Å²) in [6.07, 6.45) is 1.09. The van der Waals surface area contributed by atoms with E-state index in [0.29, 0.717) is 46.7 Å². The van der Waals surface area contributed by atoms with Gasteiger partial charge in [0.25, 0.3) is 5.91 Å². The summed E-state index contributed by atoms with van der Waals surface area (Å²) >= 11 is 0. The lowest BCUT2D eigenvalue weighted by Crippen LogP contribution is -2.39. The first-order chi connectivity index (χ1) is 15.2. The molecule has 2 aliphatic rings. The van der Waals surface area contributed by atoms with Crippen LogP contribution in [0.15, 0.2) is 71.1 Å². The molecular formula is C26H27FN2O3. The van der Waals surface area contributed by atoms with Crippen molar-refractivity contribution in [2.45, 2.75) is 39.5 Å². The Morgan fingerprint density at radius 2 is 1.81 bits per heavy atom. The Hall–Kier alpha value is -3.41. The van der Waals surface area contributed by atoms with Gasteiger partial charge in [-0.05, 0) is 48.6 Å². The molecule has 32 heavy (non-hydrogen) atoms. The van der Waals surface area contributed by atoms with Crippen molar-refractivity contribution in [3.05, 3.63) is 82.5 Å². The maximum absolute atomic E-state index is 13.7. The van der Waals surface area contributed by atoms with Gasteiger partial charge in [0.2, 0.25) is 0 Å². The molecule has 0 aromatic heterocycles. The van der Waals surface area contributed by atoms with Crippen LogP contribution >= 0.6 is 0 Å². The molecule has 4 rings (SSSR count). The van der Waals surface area contributed by atoms with Crippen LogP contribution in [0.5, 0.6) is 5.75 Å². The number of rotatable bonds is 4. The van der Waals surface area contributed by atoms with E-state index in [1.54, 1.807) is 31.4 Å². The van der Waals surface area contributed by atoms with Gasteiger partial charge in [0.05, 0.1) is 12.8 Å². The summed E-state index contributed by atoms with van der Waals surface area (Å²) in [7, 11) is 1.54. The van der Waals surface area contributed by atoms with Crippen molar-refractivity contribution in [3.63, 3.8) is 0 Å². The Kier molecular flexibility index (Phi) is 5.63. The molecule has 1 aliphatic carbocycles. The second kappa shape index (κ2) is 8.26. The fraction of sp³-hybridized carbons (Fsp3) is 0.308. The molecular weight excluding hydrogens is 407 g/mol. The molecule has 0 fully saturated rings. The van der Waals surface area contributed by atoms with Crippen LogP contribution in [0.1, 0.15) is 45.1 Å². The molecule has 2 aromatic carbocycles. The second-order valence-corrected chi connectivity index (χ2v) is 9.14. The SMILES string of the molecule is COc1ccccc1NC(=O)C1=C(C)NC2=C(C(=O)CC(C)(C)C2)[C@@H]1c1ccc(F)cc1. The minimum atomic E-state index is -0.579. The standard InChI is InChI=1S/C26H27FN2O3/c1-15-22(25(31)29-18-7-5-6-8-21(18)32-4)23(16-9-11-17(27)12-10-16)24-19(28-15)13-26(2,3)14-20(24)30/h5-12,23,28H,13-14H2,1-4H3,(H,29,31)/t23-/m1/s1. The monoisotopic (exact) mass is 434 g/mol. The Labute approximate surface area is 187 Å². The van der Waals surface area contributed by atoms with Crippen LogP contribution in [0, 0.1) is 11.2 Å². The van der Waals surface area contributed by atoms with Gasteiger partial charge >= 0.3 is 0 Å². The molecule has 2 N–H and O–H groups in total. The molecule has 5 nitrogen and oxygen atoms in total. The van der Waals surface area contributed by atoms with E-state index < -0.39 is 5.92 Å². The van der Waals surface area contributed by atoms with Gasteiger partial charge in [0, 0.05) is 34.9 Å². The number of Topliss-reactive ketones (excluding diaryl/α,β-unsaturated/α-hetero) is 1. The highest BCUT2D eigenvalue weighted by molar-refractivity contribution is 6.10. The quantitative estimate of drug-likeness (QED) is 0.705. The molecule has 0 saturated heterocycles. The van der Waals surface area contributed by atoms with E-state index >= 15 is 0 Å². The number of ether oxygens (including phenoxy) is 1. The van der Waals surface area contributed by atoms with Gasteiger partial charge < -0.3 is 15.4 Å². The zero-order chi connectivity index (χ0) is 23.0. The number of nitrogens with one attached hydrogen (secondary N) is 2. The molecule has 6 heteroatoms. The second-order valence-electron chi connectivity index (χ2n) is 9.14. The fourth-order valence-electron chi connectivity index (χ4n) is 4.66. The number of para-hydroxylation sites is 2. The summed E-state index contributed by atoms with van der Waals surface area (Å²) in [4.78, 5) is 26.8. The van der Waals surface area contributed by atoms with E-state index in [1.807, 2.05) is 19.1 Å². The van der Waals surface area contributed by atoms with Crippen molar-refractivity contribution in [2.75, 3.05) is 12.4 Å². The normalized spacial score (nSPS) is 19.9. The Bertz CT molecular complexity index is 1150. The third-order valence-corrected chi connectivity index (χ3v) is 6.04. The predicted molar refractivity (Wildman–Crippen MR) is 122 cm³/mol. The van der Waals surface area contributed by atoms with Crippen molar-refractivity contribution in [1.29, 1.82) is 0 Å². The van der Waals surface area contributed by atoms with Crippen LogP contribution in [0.3, 0.4) is 0 Å². The molecule has 0 radical (unpaired) electrons. The van der Waals surface area contributed by atoms with Crippen LogP contribution < -0.4 is 15.4 Å². The van der Waals surface area contributed by atoms with E-state index in [9.17, 15) is 14.0 Å². The van der Waals surface area contributed by atoms with Gasteiger partial charge in [-0.2, -0.15) is 0 Å². The van der Waals surface area contributed by atoms with Gasteiger partial charge in [-0.1, -0.05) is 38.1 Å². The summed E-state index contributed by atoms with van der Waals surface area (Å²) in [6, 6.07) is 13.2. The number of hydrogen-bond acceptors (Lipinski definition) is 4. The molecule has 0 bridgehead atoms. The number of halogens is 1. The van der Waals surface area contributed by atoms with Crippen LogP contribution in [-0.4, -0.2) is 18.8 Å². The van der Waals surface area contributed by atoms with Crippen LogP contribution in [0.25, 0.3) is 0 Å². The first-order valence-electron chi connectivity index (χ1n) is 10.6. The Morgan fingerprint density at radius 3 is 2.50 bits per heavy atom. The average Bonchev–Trinajstić information content (AvgIpc) is 2.72. The number of hydrogen-bond donors (Lipinski definition) is 2. The van der Waals surface area contributed by atoms with Crippen molar-refractivity contribution in [2.24, 2.45) is 5.41 Å². The largest absolute Gasteiger partial charge is 0.495 e. The number of carbonyl (C=O) groups is 2. The van der Waals surface area contributed by atoms with E-state index in [2.05, 4.69) is 24.5 Å². The lowest BCUT2D eigenvalue weighted by Gasteiger charge is -2.39. The van der Waals surface area contributed by atoms with Crippen LogP contribution in [-0.2, 0) is 9.59 Å². The third-order valence-electron chi connectivity index (χ3n) is 6.04. The lowest BCUT2D eigenvalue weighted by molar-refractivity contribution is -0.118. The number of carbonyl (C=O) groups excluding carboxylic acids is 2. The van der Waals surface area contributed by atoms with Crippen LogP contribution in [0.4, 0.5) is 10.1 Å². The highest BCUT2D eigenvalue weighted by Gasteiger charge is 2.42. The van der Waals surface area contributed by atoms with Crippen molar-refractivity contribution in [3.8, 4) is 5.75 Å². The third kappa shape index (κ3) is 4.05. The molecule has 1 heterocycles. The number of dihydropyridines is 1. The first-order valence-corrected chi connectivity index (χ1v) is 10.6. The zero-order valence-electron chi connectivity index (χ0n) is 18.7. The summed E-state index contributed by atoms with van der Waals surface area (Å²) in [6.45, 7) is 5.96. The minimum Gasteiger partial charge on any atom is -0.495 e. The van der Waals surface area contributed by atoms with Crippen LogP contribution in [0.2, 0.25) is 0 Å². The number of benzene rings is 2. The van der Waals surface area contributed by atoms with E-state index in [-0.39, 0.29) is 22.9 Å². The number of ketones is 1. The topological polar surface area (TPSA) is 67.4 Å². The summed E-state index contributed by atoms with van der Waals surface area (Å²) < 4.78 is 19.0. The van der Waals surface area contributed by atoms with Crippen molar-refractivity contribution in [1.82, 2.24) is 5.32 Å². The minimum absolute atomic E-state index is 0.00756. The van der Waals surface area contributed by atoms with E-state index in [4.69, 9.17) is 4.74 Å². The molecule has 1 atom stereocenters. The van der Waals surface area contributed by atoms with Gasteiger partial charge in [-0.25, -0.2) is 4.39 Å². The molecule has 1 aliphatic heterocycles. The summed E-state index contributed by atoms with van der Waals surface area (Å²) in [5.74, 6) is -0.735. The fourth-order valence-corrected chi connectivity index (χ4v) is 4.66. The van der Waals surface area contributed by atoms with Gasteiger partial charge in [0.1, 0.15) is 11.6 Å². The zero-order valence-corrected chi connectivity index (χ0v) is 18.7. The number of methoxy groups -OCH3 is 1. The summed E-state index contributed by atoms with van der Waals surface area (Å²) in [5, 5.41) is 6.26. The smallest absolute Gasteiger partial charge is 0.254 e. The highest BCUT2D eigenvalue weighted by atomic mass is 19.1. The molecule has 0 unspecified atom stereocenters. The Morgan fingerprint density at radius 1 is 1.12 bits per heavy atom. The predicted octanol–water partition coefficient (Wildman–Crippen LogP) is 5.08. The maximum atomic E-state index is 13.7. The molecule has 1 amide bonds. The maximum Gasteiger partial charge on any atom is 0.254 e. The molecule has 2 aromatic rings. The average molecular weight is 435 g/mol. The van der Waals surface area contributed by atoms with Gasteiger partial charge in [0.15, 0.2) is 5.78 Å². The van der Waals surface area contributed by atoms with Crippen molar-refractivity contribution >= 4 is 17.4 Å². The number of anilines is 1. The Balaban J connectivity index is 1.80. The van der Waals surface area contributed by atoms with Gasteiger partial charge in [-0.3, -0.25) is 9.59 Å². The molecule has 166 valence electrons. The highest BCUT2D eigenvalue weighted by Crippen LogP contribution is 2.46. The number of amides is 1. The lowest BCUT2D eigenvalue weighted by atomic mass is 9.68. The van der Waals surface area contributed by atoms with E-state index in [0.717, 1.165) is 5.70 Å². The van der Waals surface area contributed by atoms with Gasteiger partial charge in [-0.15, -0.1) is 0 Å². The summed E-state index contributed by atoms with van der Waals surface area (Å²) in [5.41, 5.74) is 3.61. The number of allylic oxidation sites excluding steroid dienone is 3. The molecule has 0 saturated carbocycles. The first kappa shape index (κ1) is 21.8. The van der Waals surface area contributed by atoms with Crippen molar-refractivity contribution < 1.29 is 18.7 Å².